The molecule has 1 saturated carbocycles. The van der Waals surface area contributed by atoms with Crippen molar-refractivity contribution in [2.24, 2.45) is 0 Å². The van der Waals surface area contributed by atoms with Gasteiger partial charge in [0.25, 0.3) is 5.91 Å². The Bertz CT molecular complexity index is 709. The molecule has 2 N–H and O–H groups in total. The summed E-state index contributed by atoms with van der Waals surface area (Å²) in [4.78, 5) is 16.3. The smallest absolute Gasteiger partial charge is 0.251 e. The number of benzene rings is 1. The molecule has 0 bridgehead atoms. The van der Waals surface area contributed by atoms with E-state index in [-0.39, 0.29) is 11.9 Å². The average molecular weight is 347 g/mol. The van der Waals surface area contributed by atoms with E-state index in [0.717, 1.165) is 25.7 Å². The Morgan fingerprint density at radius 2 is 1.96 bits per heavy atom. The number of aliphatic hydroxyl groups excluding tert-OH is 1. The van der Waals surface area contributed by atoms with Gasteiger partial charge in [0.1, 0.15) is 11.5 Å². The predicted octanol–water partition coefficient (Wildman–Crippen LogP) is 3.56. The third-order valence-electron chi connectivity index (χ3n) is 4.12. The third-order valence-corrected chi connectivity index (χ3v) is 4.41. The Morgan fingerprint density at radius 1 is 1.21 bits per heavy atom. The van der Waals surface area contributed by atoms with Crippen molar-refractivity contribution in [2.45, 2.75) is 37.8 Å². The van der Waals surface area contributed by atoms with Crippen molar-refractivity contribution in [3.63, 3.8) is 0 Å². The zero-order valence-corrected chi connectivity index (χ0v) is 13.9. The van der Waals surface area contributed by atoms with Crippen molar-refractivity contribution in [1.82, 2.24) is 10.3 Å². The maximum atomic E-state index is 12.4. The minimum atomic E-state index is -0.479. The van der Waals surface area contributed by atoms with Crippen LogP contribution in [0.2, 0.25) is 5.02 Å². The highest BCUT2D eigenvalue weighted by atomic mass is 35.5. The molecular formula is C18H19ClN2O3. The van der Waals surface area contributed by atoms with Gasteiger partial charge in [-0.05, 0) is 43.2 Å². The standard InChI is InChI=1S/C18H19ClN2O3/c19-14-11-12(18(23)21-15-3-1-2-4-16(15)22)5-6-17(14)24-13-7-9-20-10-8-13/h5-11,15-16,22H,1-4H2,(H,21,23). The van der Waals surface area contributed by atoms with Crippen LogP contribution in [0.4, 0.5) is 0 Å². The van der Waals surface area contributed by atoms with Crippen LogP contribution in [-0.2, 0) is 0 Å². The fourth-order valence-corrected chi connectivity index (χ4v) is 3.01. The van der Waals surface area contributed by atoms with Crippen LogP contribution in [0.25, 0.3) is 0 Å². The van der Waals surface area contributed by atoms with Crippen LogP contribution in [0.5, 0.6) is 11.5 Å². The lowest BCUT2D eigenvalue weighted by atomic mass is 9.92. The van der Waals surface area contributed by atoms with Crippen LogP contribution in [0, 0.1) is 0 Å². The summed E-state index contributed by atoms with van der Waals surface area (Å²) >= 11 is 6.22. The molecule has 1 aromatic heterocycles. The number of carbonyl (C=O) groups is 1. The van der Waals surface area contributed by atoms with Gasteiger partial charge in [0, 0.05) is 18.0 Å². The number of nitrogens with zero attached hydrogens (tertiary/aromatic N) is 1. The Morgan fingerprint density at radius 3 is 2.67 bits per heavy atom. The molecule has 1 heterocycles. The van der Waals surface area contributed by atoms with Gasteiger partial charge in [-0.1, -0.05) is 24.4 Å². The molecular weight excluding hydrogens is 328 g/mol. The number of hydrogen-bond acceptors (Lipinski definition) is 4. The van der Waals surface area contributed by atoms with E-state index in [1.165, 1.54) is 0 Å². The molecule has 1 amide bonds. The molecule has 5 nitrogen and oxygen atoms in total. The number of ether oxygens (including phenoxy) is 1. The van der Waals surface area contributed by atoms with Gasteiger partial charge >= 0.3 is 0 Å². The maximum absolute atomic E-state index is 12.4. The van der Waals surface area contributed by atoms with E-state index in [0.29, 0.717) is 22.1 Å². The maximum Gasteiger partial charge on any atom is 0.251 e. The van der Waals surface area contributed by atoms with E-state index >= 15 is 0 Å². The summed E-state index contributed by atoms with van der Waals surface area (Å²) in [6, 6.07) is 8.14. The number of aromatic nitrogens is 1. The molecule has 0 radical (unpaired) electrons. The van der Waals surface area contributed by atoms with Gasteiger partial charge in [0.2, 0.25) is 0 Å². The summed E-state index contributed by atoms with van der Waals surface area (Å²) in [6.07, 6.45) is 6.31. The molecule has 2 unspecified atom stereocenters. The molecule has 6 heteroatoms. The summed E-state index contributed by atoms with van der Waals surface area (Å²) in [7, 11) is 0. The first kappa shape index (κ1) is 16.7. The molecule has 1 aliphatic carbocycles. The van der Waals surface area contributed by atoms with Crippen molar-refractivity contribution in [2.75, 3.05) is 0 Å². The van der Waals surface area contributed by atoms with Crippen LogP contribution < -0.4 is 10.1 Å². The van der Waals surface area contributed by atoms with Crippen LogP contribution in [0.1, 0.15) is 36.0 Å². The van der Waals surface area contributed by atoms with Crippen molar-refractivity contribution in [1.29, 1.82) is 0 Å². The van der Waals surface area contributed by atoms with Crippen molar-refractivity contribution in [3.05, 3.63) is 53.3 Å². The lowest BCUT2D eigenvalue weighted by Crippen LogP contribution is -2.45. The van der Waals surface area contributed by atoms with E-state index in [1.807, 2.05) is 0 Å². The van der Waals surface area contributed by atoms with Gasteiger partial charge in [-0.25, -0.2) is 0 Å². The summed E-state index contributed by atoms with van der Waals surface area (Å²) in [6.45, 7) is 0. The number of halogens is 1. The van der Waals surface area contributed by atoms with Gasteiger partial charge in [-0.2, -0.15) is 0 Å². The topological polar surface area (TPSA) is 71.5 Å². The first-order chi connectivity index (χ1) is 11.6. The van der Waals surface area contributed by atoms with Crippen molar-refractivity contribution in [3.8, 4) is 11.5 Å². The first-order valence-electron chi connectivity index (χ1n) is 8.00. The highest BCUT2D eigenvalue weighted by molar-refractivity contribution is 6.32. The zero-order chi connectivity index (χ0) is 16.9. The minimum absolute atomic E-state index is 0.197. The van der Waals surface area contributed by atoms with E-state index < -0.39 is 6.10 Å². The molecule has 126 valence electrons. The fraction of sp³-hybridized carbons (Fsp3) is 0.333. The molecule has 24 heavy (non-hydrogen) atoms. The summed E-state index contributed by atoms with van der Waals surface area (Å²) in [5.74, 6) is 0.852. The van der Waals surface area contributed by atoms with Gasteiger partial charge in [0.15, 0.2) is 0 Å². The number of nitrogens with one attached hydrogen (secondary N) is 1. The van der Waals surface area contributed by atoms with Gasteiger partial charge in [-0.3, -0.25) is 9.78 Å². The summed E-state index contributed by atoms with van der Waals surface area (Å²) < 4.78 is 5.67. The number of aliphatic hydroxyl groups is 1. The van der Waals surface area contributed by atoms with Crippen LogP contribution in [0.3, 0.4) is 0 Å². The molecule has 1 aromatic carbocycles. The molecule has 1 fully saturated rings. The van der Waals surface area contributed by atoms with Gasteiger partial charge < -0.3 is 15.2 Å². The lowest BCUT2D eigenvalue weighted by molar-refractivity contribution is 0.0717. The monoisotopic (exact) mass is 346 g/mol. The normalized spacial score (nSPS) is 20.4. The Kier molecular flexibility index (Phi) is 5.33. The van der Waals surface area contributed by atoms with Crippen molar-refractivity contribution < 1.29 is 14.6 Å². The largest absolute Gasteiger partial charge is 0.456 e. The fourth-order valence-electron chi connectivity index (χ4n) is 2.79. The molecule has 1 aliphatic rings. The second-order valence-corrected chi connectivity index (χ2v) is 6.27. The second kappa shape index (κ2) is 7.64. The highest BCUT2D eigenvalue weighted by Crippen LogP contribution is 2.30. The van der Waals surface area contributed by atoms with Gasteiger partial charge in [0.05, 0.1) is 17.2 Å². The van der Waals surface area contributed by atoms with Crippen LogP contribution >= 0.6 is 11.6 Å². The molecule has 3 rings (SSSR count). The number of carbonyl (C=O) groups excluding carboxylic acids is 1. The summed E-state index contributed by atoms with van der Waals surface area (Å²) in [5.41, 5.74) is 0.444. The average Bonchev–Trinajstić information content (AvgIpc) is 2.59. The molecule has 0 spiro atoms. The third kappa shape index (κ3) is 4.04. The quantitative estimate of drug-likeness (QED) is 0.888. The minimum Gasteiger partial charge on any atom is -0.456 e. The molecule has 0 aliphatic heterocycles. The first-order valence-corrected chi connectivity index (χ1v) is 8.37. The Balaban J connectivity index is 1.68. The SMILES string of the molecule is O=C(NC1CCCCC1O)c1ccc(Oc2ccncc2)c(Cl)c1. The van der Waals surface area contributed by atoms with E-state index in [9.17, 15) is 9.90 Å². The lowest BCUT2D eigenvalue weighted by Gasteiger charge is -2.28. The van der Waals surface area contributed by atoms with Crippen LogP contribution in [0.15, 0.2) is 42.7 Å². The van der Waals surface area contributed by atoms with E-state index in [2.05, 4.69) is 10.3 Å². The van der Waals surface area contributed by atoms with E-state index in [4.69, 9.17) is 16.3 Å². The van der Waals surface area contributed by atoms with Crippen LogP contribution in [-0.4, -0.2) is 28.1 Å². The number of rotatable bonds is 4. The van der Waals surface area contributed by atoms with Crippen molar-refractivity contribution >= 4 is 17.5 Å². The molecule has 2 atom stereocenters. The second-order valence-electron chi connectivity index (χ2n) is 5.86. The molecule has 2 aromatic rings. The number of hydrogen-bond donors (Lipinski definition) is 2. The van der Waals surface area contributed by atoms with E-state index in [1.54, 1.807) is 42.7 Å². The highest BCUT2D eigenvalue weighted by Gasteiger charge is 2.25. The van der Waals surface area contributed by atoms with Gasteiger partial charge in [-0.15, -0.1) is 0 Å². The zero-order valence-electron chi connectivity index (χ0n) is 13.1. The molecule has 0 saturated heterocycles. The Labute approximate surface area is 145 Å². The Hall–Kier alpha value is -2.11. The number of amides is 1. The summed E-state index contributed by atoms with van der Waals surface area (Å²) in [5, 5.41) is 13.2. The predicted molar refractivity (Wildman–Crippen MR) is 91.5 cm³/mol. The number of pyridine rings is 1.